The van der Waals surface area contributed by atoms with Crippen LogP contribution in [0.1, 0.15) is 16.1 Å². The first kappa shape index (κ1) is 17.1. The van der Waals surface area contributed by atoms with E-state index in [1.54, 1.807) is 23.7 Å². The van der Waals surface area contributed by atoms with E-state index in [0.29, 0.717) is 34.7 Å². The van der Waals surface area contributed by atoms with Crippen molar-refractivity contribution >= 4 is 23.2 Å². The molecule has 0 radical (unpaired) electrons. The summed E-state index contributed by atoms with van der Waals surface area (Å²) in [6.07, 6.45) is 6.36. The summed E-state index contributed by atoms with van der Waals surface area (Å²) in [6.45, 7) is 5.74. The summed E-state index contributed by atoms with van der Waals surface area (Å²) in [5, 5.41) is 6.10. The Morgan fingerprint density at radius 3 is 2.64 bits per heavy atom. The first-order chi connectivity index (χ1) is 13.6. The maximum atomic E-state index is 14.2. The van der Waals surface area contributed by atoms with E-state index >= 15 is 0 Å². The van der Waals surface area contributed by atoms with Crippen LogP contribution in [0, 0.1) is 24.6 Å². The lowest BCUT2D eigenvalue weighted by atomic mass is 10.0. The second-order valence-electron chi connectivity index (χ2n) is 7.50. The van der Waals surface area contributed by atoms with Crippen molar-refractivity contribution in [3.05, 3.63) is 47.9 Å². The smallest absolute Gasteiger partial charge is 0.258 e. The van der Waals surface area contributed by atoms with Crippen molar-refractivity contribution in [1.82, 2.24) is 24.7 Å². The van der Waals surface area contributed by atoms with Crippen LogP contribution in [-0.2, 0) is 0 Å². The number of aromatic nitrogens is 4. The Hall–Kier alpha value is -3.07. The molecule has 1 amide bonds. The fraction of sp³-hybridized carbons (Fsp3) is 0.368. The summed E-state index contributed by atoms with van der Waals surface area (Å²) in [6, 6.07) is 1.26. The van der Waals surface area contributed by atoms with Gasteiger partial charge in [-0.1, -0.05) is 0 Å². The van der Waals surface area contributed by atoms with E-state index in [0.717, 1.165) is 26.2 Å². The second kappa shape index (κ2) is 6.52. The number of nitrogens with one attached hydrogen (secondary N) is 2. The van der Waals surface area contributed by atoms with Crippen LogP contribution >= 0.6 is 0 Å². The first-order valence-corrected chi connectivity index (χ1v) is 9.31. The van der Waals surface area contributed by atoms with Crippen molar-refractivity contribution in [3.63, 3.8) is 0 Å². The van der Waals surface area contributed by atoms with Crippen molar-refractivity contribution < 1.29 is 9.18 Å². The Bertz CT molecular complexity index is 1040. The first-order valence-electron chi connectivity index (χ1n) is 9.31. The molecule has 0 aliphatic carbocycles. The van der Waals surface area contributed by atoms with E-state index in [1.807, 2.05) is 0 Å². The number of aryl methyl sites for hydroxylation is 1. The number of halogens is 1. The van der Waals surface area contributed by atoms with Crippen LogP contribution in [0.15, 0.2) is 30.9 Å². The highest BCUT2D eigenvalue weighted by Crippen LogP contribution is 2.28. The van der Waals surface area contributed by atoms with E-state index in [-0.39, 0.29) is 11.6 Å². The lowest BCUT2D eigenvalue weighted by Crippen LogP contribution is -2.27. The number of rotatable bonds is 3. The summed E-state index contributed by atoms with van der Waals surface area (Å²) in [5.41, 5.74) is 1.60. The number of carbonyl (C=O) groups is 1. The zero-order chi connectivity index (χ0) is 19.3. The Morgan fingerprint density at radius 1 is 1.21 bits per heavy atom. The zero-order valence-electron chi connectivity index (χ0n) is 15.4. The molecule has 5 heterocycles. The molecule has 144 valence electrons. The number of hydrogen-bond donors (Lipinski definition) is 2. The fourth-order valence-electron chi connectivity index (χ4n) is 4.07. The number of anilines is 2. The lowest BCUT2D eigenvalue weighted by Gasteiger charge is -2.17. The van der Waals surface area contributed by atoms with Gasteiger partial charge in [-0.05, 0) is 18.8 Å². The molecule has 0 bridgehead atoms. The highest BCUT2D eigenvalue weighted by molar-refractivity contribution is 6.03. The second-order valence-corrected chi connectivity index (χ2v) is 7.50. The quantitative estimate of drug-likeness (QED) is 0.715. The van der Waals surface area contributed by atoms with Gasteiger partial charge in [-0.25, -0.2) is 19.3 Å². The van der Waals surface area contributed by atoms with Crippen LogP contribution in [-0.4, -0.2) is 51.4 Å². The average Bonchev–Trinajstić information content (AvgIpc) is 3.36. The van der Waals surface area contributed by atoms with Crippen molar-refractivity contribution in [1.29, 1.82) is 0 Å². The number of fused-ring (bicyclic) bond motifs is 2. The number of nitrogens with zero attached hydrogens (tertiary/aromatic N) is 5. The van der Waals surface area contributed by atoms with E-state index in [4.69, 9.17) is 0 Å². The molecule has 0 spiro atoms. The number of hydrogen-bond acceptors (Lipinski definition) is 6. The third-order valence-corrected chi connectivity index (χ3v) is 5.46. The monoisotopic (exact) mass is 381 g/mol. The Kier molecular flexibility index (Phi) is 3.97. The molecule has 2 aliphatic rings. The van der Waals surface area contributed by atoms with Gasteiger partial charge in [-0.3, -0.25) is 4.79 Å². The Balaban J connectivity index is 1.30. The van der Waals surface area contributed by atoms with E-state index in [1.165, 1.54) is 18.5 Å². The minimum absolute atomic E-state index is 0.230. The SMILES string of the molecule is Cc1cn2cc(NC(=O)c3cnc(N4CC5CNCC5C4)nc3)cc(F)c2n1. The molecule has 0 saturated carbocycles. The summed E-state index contributed by atoms with van der Waals surface area (Å²) < 4.78 is 15.7. The van der Waals surface area contributed by atoms with Gasteiger partial charge in [0, 0.05) is 57.0 Å². The number of imidazole rings is 1. The van der Waals surface area contributed by atoms with Gasteiger partial charge < -0.3 is 19.9 Å². The summed E-state index contributed by atoms with van der Waals surface area (Å²) in [4.78, 5) is 27.5. The molecule has 2 atom stereocenters. The molecule has 8 nitrogen and oxygen atoms in total. The molecule has 2 unspecified atom stereocenters. The van der Waals surface area contributed by atoms with Crippen LogP contribution in [0.4, 0.5) is 16.0 Å². The van der Waals surface area contributed by atoms with Gasteiger partial charge in [-0.2, -0.15) is 0 Å². The topological polar surface area (TPSA) is 87.5 Å². The number of amides is 1. The average molecular weight is 381 g/mol. The third kappa shape index (κ3) is 2.97. The Labute approximate surface area is 160 Å². The molecule has 28 heavy (non-hydrogen) atoms. The van der Waals surface area contributed by atoms with Crippen molar-refractivity contribution in [3.8, 4) is 0 Å². The maximum Gasteiger partial charge on any atom is 0.258 e. The molecule has 0 aromatic carbocycles. The molecule has 2 N–H and O–H groups in total. The van der Waals surface area contributed by atoms with Gasteiger partial charge in [0.25, 0.3) is 5.91 Å². The summed E-state index contributed by atoms with van der Waals surface area (Å²) in [5.74, 6) is 1.05. The van der Waals surface area contributed by atoms with E-state index in [9.17, 15) is 9.18 Å². The van der Waals surface area contributed by atoms with Crippen molar-refractivity contribution in [2.75, 3.05) is 36.4 Å². The van der Waals surface area contributed by atoms with Gasteiger partial charge in [0.2, 0.25) is 5.95 Å². The van der Waals surface area contributed by atoms with Crippen LogP contribution in [0.25, 0.3) is 5.65 Å². The van der Waals surface area contributed by atoms with Crippen LogP contribution in [0.5, 0.6) is 0 Å². The summed E-state index contributed by atoms with van der Waals surface area (Å²) in [7, 11) is 0. The van der Waals surface area contributed by atoms with Crippen molar-refractivity contribution in [2.45, 2.75) is 6.92 Å². The molecular weight excluding hydrogens is 361 g/mol. The molecule has 3 aromatic rings. The summed E-state index contributed by atoms with van der Waals surface area (Å²) >= 11 is 0. The fourth-order valence-corrected chi connectivity index (χ4v) is 4.07. The lowest BCUT2D eigenvalue weighted by molar-refractivity contribution is 0.102. The standard InChI is InChI=1S/C19H20FN7O/c1-11-7-26-10-15(2-16(20)17(26)24-11)25-18(28)12-5-22-19(23-6-12)27-8-13-3-21-4-14(13)9-27/h2,5-7,10,13-14,21H,3-4,8-9H2,1H3,(H,25,28). The van der Waals surface area contributed by atoms with Crippen LogP contribution < -0.4 is 15.5 Å². The maximum absolute atomic E-state index is 14.2. The normalized spacial score (nSPS) is 21.3. The highest BCUT2D eigenvalue weighted by Gasteiger charge is 2.37. The predicted octanol–water partition coefficient (Wildman–Crippen LogP) is 1.48. The molecule has 2 fully saturated rings. The van der Waals surface area contributed by atoms with Gasteiger partial charge in [0.05, 0.1) is 16.9 Å². The largest absolute Gasteiger partial charge is 0.340 e. The molecule has 3 aromatic heterocycles. The van der Waals surface area contributed by atoms with Gasteiger partial charge >= 0.3 is 0 Å². The number of pyridine rings is 1. The minimum atomic E-state index is -0.494. The Morgan fingerprint density at radius 2 is 1.93 bits per heavy atom. The molecule has 5 rings (SSSR count). The van der Waals surface area contributed by atoms with Gasteiger partial charge in [0.15, 0.2) is 11.5 Å². The molecule has 2 aliphatic heterocycles. The molecule has 9 heteroatoms. The van der Waals surface area contributed by atoms with Gasteiger partial charge in [-0.15, -0.1) is 0 Å². The minimum Gasteiger partial charge on any atom is -0.340 e. The van der Waals surface area contributed by atoms with Crippen LogP contribution in [0.2, 0.25) is 0 Å². The molecular formula is C19H20FN7O. The predicted molar refractivity (Wildman–Crippen MR) is 102 cm³/mol. The van der Waals surface area contributed by atoms with E-state index in [2.05, 4.69) is 30.5 Å². The number of carbonyl (C=O) groups excluding carboxylic acids is 1. The zero-order valence-corrected chi connectivity index (χ0v) is 15.4. The van der Waals surface area contributed by atoms with Gasteiger partial charge in [0.1, 0.15) is 0 Å². The van der Waals surface area contributed by atoms with Crippen LogP contribution in [0.3, 0.4) is 0 Å². The third-order valence-electron chi connectivity index (χ3n) is 5.46. The molecule has 2 saturated heterocycles. The van der Waals surface area contributed by atoms with Crippen molar-refractivity contribution in [2.24, 2.45) is 11.8 Å². The van der Waals surface area contributed by atoms with E-state index < -0.39 is 5.82 Å². The highest BCUT2D eigenvalue weighted by atomic mass is 19.1.